The molecule has 4 rings (SSSR count). The van der Waals surface area contributed by atoms with Gasteiger partial charge in [-0.1, -0.05) is 43.1 Å². The molecule has 6 nitrogen and oxygen atoms in total. The molecule has 7 heteroatoms. The highest BCUT2D eigenvalue weighted by Gasteiger charge is 2.60. The van der Waals surface area contributed by atoms with Crippen molar-refractivity contribution in [3.63, 3.8) is 0 Å². The van der Waals surface area contributed by atoms with Gasteiger partial charge < -0.3 is 15.4 Å². The molecule has 0 bridgehead atoms. The van der Waals surface area contributed by atoms with E-state index in [0.717, 1.165) is 23.2 Å². The second kappa shape index (κ2) is 8.17. The first-order chi connectivity index (χ1) is 14.7. The lowest BCUT2D eigenvalue weighted by Gasteiger charge is -2.29. The molecule has 2 aliphatic heterocycles. The molecule has 2 aromatic rings. The lowest BCUT2D eigenvalue weighted by Crippen LogP contribution is -2.52. The van der Waals surface area contributed by atoms with Crippen LogP contribution in [0.15, 0.2) is 36.4 Å². The van der Waals surface area contributed by atoms with Crippen molar-refractivity contribution in [2.45, 2.75) is 45.2 Å². The van der Waals surface area contributed by atoms with Gasteiger partial charge in [0.2, 0.25) is 11.8 Å². The van der Waals surface area contributed by atoms with Crippen molar-refractivity contribution in [2.75, 3.05) is 17.7 Å². The van der Waals surface area contributed by atoms with Crippen LogP contribution in [0.25, 0.3) is 0 Å². The van der Waals surface area contributed by atoms with E-state index in [1.165, 1.54) is 0 Å². The van der Waals surface area contributed by atoms with Gasteiger partial charge in [-0.3, -0.25) is 14.9 Å². The summed E-state index contributed by atoms with van der Waals surface area (Å²) in [5.74, 6) is -0.0428. The fraction of sp³-hybridized carbons (Fsp3) is 0.417. The standard InChI is InChI=1S/C24H28ClN3O3/c1-13(2)9-16-12-18(22(29)26-20-11-15(25)6-8-21(20)31-4)24(28-16)17-10-14(3)5-7-19(17)27-23(24)30/h5-8,10-11,13,16,18,28H,9,12H2,1-4H3,(H,26,29)(H,27,30)/t16-,18+,24-/m0/s1. The van der Waals surface area contributed by atoms with Crippen molar-refractivity contribution >= 4 is 34.8 Å². The highest BCUT2D eigenvalue weighted by molar-refractivity contribution is 6.31. The molecule has 1 spiro atoms. The Balaban J connectivity index is 1.74. The van der Waals surface area contributed by atoms with Gasteiger partial charge in [-0.15, -0.1) is 0 Å². The van der Waals surface area contributed by atoms with Crippen LogP contribution in [0.5, 0.6) is 5.75 Å². The van der Waals surface area contributed by atoms with Crippen LogP contribution in [-0.4, -0.2) is 25.0 Å². The molecule has 0 aromatic heterocycles. The second-order valence-corrected chi connectivity index (χ2v) is 9.34. The maximum Gasteiger partial charge on any atom is 0.250 e. The summed E-state index contributed by atoms with van der Waals surface area (Å²) in [7, 11) is 1.54. The van der Waals surface area contributed by atoms with Gasteiger partial charge in [0, 0.05) is 22.3 Å². The van der Waals surface area contributed by atoms with E-state index < -0.39 is 11.5 Å². The van der Waals surface area contributed by atoms with E-state index in [9.17, 15) is 9.59 Å². The number of ether oxygens (including phenoxy) is 1. The number of anilines is 2. The first-order valence-electron chi connectivity index (χ1n) is 10.6. The highest BCUT2D eigenvalue weighted by atomic mass is 35.5. The van der Waals surface area contributed by atoms with Crippen LogP contribution < -0.4 is 20.7 Å². The van der Waals surface area contributed by atoms with Crippen molar-refractivity contribution in [3.05, 3.63) is 52.5 Å². The van der Waals surface area contributed by atoms with Gasteiger partial charge in [-0.05, 0) is 49.9 Å². The minimum absolute atomic E-state index is 0.0502. The third kappa shape index (κ3) is 3.79. The Morgan fingerprint density at radius 1 is 1.29 bits per heavy atom. The van der Waals surface area contributed by atoms with Crippen molar-refractivity contribution < 1.29 is 14.3 Å². The van der Waals surface area contributed by atoms with Crippen molar-refractivity contribution in [1.29, 1.82) is 0 Å². The van der Waals surface area contributed by atoms with Gasteiger partial charge in [0.05, 0.1) is 18.7 Å². The van der Waals surface area contributed by atoms with Crippen LogP contribution in [0.2, 0.25) is 5.02 Å². The molecule has 164 valence electrons. The number of benzene rings is 2. The van der Waals surface area contributed by atoms with Gasteiger partial charge in [0.25, 0.3) is 0 Å². The zero-order valence-electron chi connectivity index (χ0n) is 18.2. The predicted octanol–water partition coefficient (Wildman–Crippen LogP) is 4.47. The maximum absolute atomic E-state index is 13.6. The SMILES string of the molecule is COc1ccc(Cl)cc1NC(=O)[C@H]1C[C@H](CC(C)C)N[C@]12C(=O)Nc1ccc(C)cc12. The van der Waals surface area contributed by atoms with Crippen LogP contribution in [0.4, 0.5) is 11.4 Å². The van der Waals surface area contributed by atoms with E-state index >= 15 is 0 Å². The number of carbonyl (C=O) groups excluding carboxylic acids is 2. The Morgan fingerprint density at radius 3 is 2.77 bits per heavy atom. The molecular formula is C24H28ClN3O3. The first kappa shape index (κ1) is 21.7. The summed E-state index contributed by atoms with van der Waals surface area (Å²) < 4.78 is 5.38. The monoisotopic (exact) mass is 441 g/mol. The van der Waals surface area contributed by atoms with E-state index in [-0.39, 0.29) is 17.9 Å². The molecule has 2 heterocycles. The summed E-state index contributed by atoms with van der Waals surface area (Å²) in [5.41, 5.74) is 2.02. The molecular weight excluding hydrogens is 414 g/mol. The zero-order chi connectivity index (χ0) is 22.3. The molecule has 2 amide bonds. The molecule has 0 aliphatic carbocycles. The Kier molecular flexibility index (Phi) is 5.71. The maximum atomic E-state index is 13.6. The number of amides is 2. The number of hydrogen-bond donors (Lipinski definition) is 3. The van der Waals surface area contributed by atoms with Gasteiger partial charge in [-0.2, -0.15) is 0 Å². The molecule has 1 fully saturated rings. The Bertz CT molecular complexity index is 1040. The Hall–Kier alpha value is -2.57. The van der Waals surface area contributed by atoms with Crippen molar-refractivity contribution in [1.82, 2.24) is 5.32 Å². The quantitative estimate of drug-likeness (QED) is 0.639. The van der Waals surface area contributed by atoms with Crippen molar-refractivity contribution in [3.8, 4) is 5.75 Å². The van der Waals surface area contributed by atoms with Gasteiger partial charge >= 0.3 is 0 Å². The van der Waals surface area contributed by atoms with Gasteiger partial charge in [0.1, 0.15) is 11.3 Å². The zero-order valence-corrected chi connectivity index (χ0v) is 19.0. The molecule has 0 radical (unpaired) electrons. The molecule has 3 N–H and O–H groups in total. The number of hydrogen-bond acceptors (Lipinski definition) is 4. The molecule has 3 atom stereocenters. The summed E-state index contributed by atoms with van der Waals surface area (Å²) in [6.45, 7) is 6.28. The summed E-state index contributed by atoms with van der Waals surface area (Å²) >= 11 is 6.14. The van der Waals surface area contributed by atoms with Crippen molar-refractivity contribution in [2.24, 2.45) is 11.8 Å². The average Bonchev–Trinajstić information content (AvgIpc) is 3.21. The number of halogens is 1. The second-order valence-electron chi connectivity index (χ2n) is 8.90. The summed E-state index contributed by atoms with van der Waals surface area (Å²) in [6.07, 6.45) is 1.44. The third-order valence-electron chi connectivity index (χ3n) is 6.17. The molecule has 0 saturated carbocycles. The number of rotatable bonds is 5. The smallest absolute Gasteiger partial charge is 0.250 e. The Morgan fingerprint density at radius 2 is 2.06 bits per heavy atom. The lowest BCUT2D eigenvalue weighted by molar-refractivity contribution is -0.130. The van der Waals surface area contributed by atoms with Crippen LogP contribution in [0.1, 0.15) is 37.8 Å². The van der Waals surface area contributed by atoms with Gasteiger partial charge in [0.15, 0.2) is 0 Å². The lowest BCUT2D eigenvalue weighted by atomic mass is 9.79. The van der Waals surface area contributed by atoms with Crippen LogP contribution in [0.3, 0.4) is 0 Å². The fourth-order valence-corrected chi connectivity index (χ4v) is 5.07. The number of fused-ring (bicyclic) bond motifs is 2. The molecule has 1 saturated heterocycles. The Labute approximate surface area is 187 Å². The average molecular weight is 442 g/mol. The normalized spacial score (nSPS) is 24.4. The first-order valence-corrected chi connectivity index (χ1v) is 11.0. The van der Waals surface area contributed by atoms with Crippen LogP contribution >= 0.6 is 11.6 Å². The molecule has 2 aromatic carbocycles. The minimum atomic E-state index is -1.10. The van der Waals surface area contributed by atoms with Crippen LogP contribution in [0, 0.1) is 18.8 Å². The highest BCUT2D eigenvalue weighted by Crippen LogP contribution is 2.48. The van der Waals surface area contributed by atoms with E-state index in [0.29, 0.717) is 28.8 Å². The van der Waals surface area contributed by atoms with E-state index in [2.05, 4.69) is 29.8 Å². The number of methoxy groups -OCH3 is 1. The summed E-state index contributed by atoms with van der Waals surface area (Å²) in [4.78, 5) is 26.9. The predicted molar refractivity (Wildman–Crippen MR) is 123 cm³/mol. The van der Waals surface area contributed by atoms with E-state index in [1.807, 2.05) is 25.1 Å². The molecule has 2 aliphatic rings. The largest absolute Gasteiger partial charge is 0.495 e. The van der Waals surface area contributed by atoms with Gasteiger partial charge in [-0.25, -0.2) is 0 Å². The van der Waals surface area contributed by atoms with E-state index in [4.69, 9.17) is 16.3 Å². The van der Waals surface area contributed by atoms with Crippen LogP contribution in [-0.2, 0) is 15.1 Å². The fourth-order valence-electron chi connectivity index (χ4n) is 4.89. The van der Waals surface area contributed by atoms with E-state index in [1.54, 1.807) is 25.3 Å². The summed E-state index contributed by atoms with van der Waals surface area (Å²) in [5, 5.41) is 10.0. The number of nitrogens with one attached hydrogen (secondary N) is 3. The minimum Gasteiger partial charge on any atom is -0.495 e. The molecule has 31 heavy (non-hydrogen) atoms. The molecule has 0 unspecified atom stereocenters. The summed E-state index contributed by atoms with van der Waals surface area (Å²) in [6, 6.07) is 11.0. The third-order valence-corrected chi connectivity index (χ3v) is 6.41. The topological polar surface area (TPSA) is 79.5 Å². The number of carbonyl (C=O) groups is 2. The number of aryl methyl sites for hydroxylation is 1.